The fourth-order valence-corrected chi connectivity index (χ4v) is 4.31. The molecule has 28 heavy (non-hydrogen) atoms. The zero-order valence-corrected chi connectivity index (χ0v) is 17.7. The zero-order valence-electron chi connectivity index (χ0n) is 15.3. The van der Waals surface area contributed by atoms with Crippen LogP contribution in [0, 0.1) is 0 Å². The fourth-order valence-electron chi connectivity index (χ4n) is 2.92. The standard InChI is InChI=1S/C19H20BrN3O4S/c1-22(28(26,27)17-10-4-14(20)5-11-17)13-18(24)21-15-6-8-16(9-7-15)23-12-2-3-19(23)25/h4-11H,2-3,12-13H2,1H3,(H,21,24). The number of rotatable bonds is 6. The Morgan fingerprint density at radius 3 is 2.36 bits per heavy atom. The summed E-state index contributed by atoms with van der Waals surface area (Å²) < 4.78 is 26.9. The Bertz CT molecular complexity index is 975. The van der Waals surface area contributed by atoms with E-state index in [1.54, 1.807) is 41.3 Å². The Labute approximate surface area is 172 Å². The number of hydrogen-bond acceptors (Lipinski definition) is 4. The SMILES string of the molecule is CN(CC(=O)Nc1ccc(N2CCCC2=O)cc1)S(=O)(=O)c1ccc(Br)cc1. The summed E-state index contributed by atoms with van der Waals surface area (Å²) in [6, 6.07) is 13.1. The summed E-state index contributed by atoms with van der Waals surface area (Å²) in [6.07, 6.45) is 1.40. The Balaban J connectivity index is 1.61. The van der Waals surface area contributed by atoms with Gasteiger partial charge in [-0.2, -0.15) is 4.31 Å². The molecule has 9 heteroatoms. The molecule has 0 aromatic heterocycles. The molecule has 1 saturated heterocycles. The highest BCUT2D eigenvalue weighted by atomic mass is 79.9. The number of carbonyl (C=O) groups is 2. The number of amides is 2. The first-order chi connectivity index (χ1) is 13.3. The van der Waals surface area contributed by atoms with Crippen molar-refractivity contribution in [3.05, 3.63) is 53.0 Å². The van der Waals surface area contributed by atoms with Gasteiger partial charge in [-0.05, 0) is 55.0 Å². The van der Waals surface area contributed by atoms with Crippen LogP contribution >= 0.6 is 15.9 Å². The van der Waals surface area contributed by atoms with Crippen molar-refractivity contribution in [2.24, 2.45) is 0 Å². The van der Waals surface area contributed by atoms with Crippen molar-refractivity contribution in [1.82, 2.24) is 4.31 Å². The van der Waals surface area contributed by atoms with Gasteiger partial charge in [-0.1, -0.05) is 15.9 Å². The monoisotopic (exact) mass is 465 g/mol. The molecule has 2 amide bonds. The van der Waals surface area contributed by atoms with Crippen molar-refractivity contribution in [3.8, 4) is 0 Å². The molecule has 0 spiro atoms. The summed E-state index contributed by atoms with van der Waals surface area (Å²) in [5, 5.41) is 2.68. The van der Waals surface area contributed by atoms with Gasteiger partial charge >= 0.3 is 0 Å². The maximum atomic E-state index is 12.5. The van der Waals surface area contributed by atoms with Crippen molar-refractivity contribution in [1.29, 1.82) is 0 Å². The van der Waals surface area contributed by atoms with Crippen LogP contribution < -0.4 is 10.2 Å². The second-order valence-electron chi connectivity index (χ2n) is 6.46. The van der Waals surface area contributed by atoms with E-state index in [9.17, 15) is 18.0 Å². The van der Waals surface area contributed by atoms with Crippen LogP contribution in [-0.4, -0.2) is 44.7 Å². The van der Waals surface area contributed by atoms with Crippen molar-refractivity contribution >= 4 is 49.1 Å². The number of carbonyl (C=O) groups excluding carboxylic acids is 2. The molecule has 0 unspecified atom stereocenters. The first-order valence-corrected chi connectivity index (χ1v) is 10.9. The topological polar surface area (TPSA) is 86.8 Å². The van der Waals surface area contributed by atoms with E-state index in [4.69, 9.17) is 0 Å². The average molecular weight is 466 g/mol. The number of nitrogens with one attached hydrogen (secondary N) is 1. The minimum absolute atomic E-state index is 0.0940. The third-order valence-electron chi connectivity index (χ3n) is 4.42. The predicted octanol–water partition coefficient (Wildman–Crippen LogP) is 2.84. The van der Waals surface area contributed by atoms with Gasteiger partial charge in [0.1, 0.15) is 0 Å². The van der Waals surface area contributed by atoms with E-state index in [2.05, 4.69) is 21.2 Å². The first kappa shape index (κ1) is 20.5. The minimum atomic E-state index is -3.76. The lowest BCUT2D eigenvalue weighted by molar-refractivity contribution is -0.117. The van der Waals surface area contributed by atoms with E-state index in [0.29, 0.717) is 18.7 Å². The molecule has 148 valence electrons. The molecule has 0 saturated carbocycles. The van der Waals surface area contributed by atoms with Gasteiger partial charge in [0.15, 0.2) is 0 Å². The van der Waals surface area contributed by atoms with Crippen molar-refractivity contribution in [2.75, 3.05) is 30.4 Å². The molecular weight excluding hydrogens is 446 g/mol. The van der Waals surface area contributed by atoms with Crippen LogP contribution in [0.25, 0.3) is 0 Å². The molecule has 0 bridgehead atoms. The third kappa shape index (κ3) is 4.60. The van der Waals surface area contributed by atoms with Crippen LogP contribution in [0.15, 0.2) is 57.9 Å². The van der Waals surface area contributed by atoms with Crippen LogP contribution in [0.1, 0.15) is 12.8 Å². The van der Waals surface area contributed by atoms with Crippen molar-refractivity contribution in [2.45, 2.75) is 17.7 Å². The van der Waals surface area contributed by atoms with Crippen molar-refractivity contribution < 1.29 is 18.0 Å². The van der Waals surface area contributed by atoms with Gasteiger partial charge in [-0.15, -0.1) is 0 Å². The molecule has 7 nitrogen and oxygen atoms in total. The Kier molecular flexibility index (Phi) is 6.17. The smallest absolute Gasteiger partial charge is 0.243 e. The van der Waals surface area contributed by atoms with E-state index < -0.39 is 15.9 Å². The van der Waals surface area contributed by atoms with Crippen LogP contribution in [0.2, 0.25) is 0 Å². The number of anilines is 2. The van der Waals surface area contributed by atoms with E-state index in [1.807, 2.05) is 0 Å². The largest absolute Gasteiger partial charge is 0.325 e. The fraction of sp³-hybridized carbons (Fsp3) is 0.263. The number of sulfonamides is 1. The molecule has 2 aromatic rings. The lowest BCUT2D eigenvalue weighted by atomic mass is 10.2. The zero-order chi connectivity index (χ0) is 20.3. The number of likely N-dealkylation sites (N-methyl/N-ethyl adjacent to an activating group) is 1. The number of benzene rings is 2. The van der Waals surface area contributed by atoms with Gasteiger partial charge in [0.2, 0.25) is 21.8 Å². The Morgan fingerprint density at radius 2 is 1.79 bits per heavy atom. The summed E-state index contributed by atoms with van der Waals surface area (Å²) >= 11 is 3.26. The molecule has 1 aliphatic heterocycles. The summed E-state index contributed by atoms with van der Waals surface area (Å²) in [4.78, 5) is 25.9. The molecule has 3 rings (SSSR count). The normalized spacial score (nSPS) is 14.5. The van der Waals surface area contributed by atoms with E-state index in [0.717, 1.165) is 20.9 Å². The number of hydrogen-bond donors (Lipinski definition) is 1. The van der Waals surface area contributed by atoms with E-state index in [-0.39, 0.29) is 17.3 Å². The highest BCUT2D eigenvalue weighted by Gasteiger charge is 2.23. The maximum absolute atomic E-state index is 12.5. The van der Waals surface area contributed by atoms with E-state index >= 15 is 0 Å². The summed E-state index contributed by atoms with van der Waals surface area (Å²) in [5.74, 6) is -0.357. The Morgan fingerprint density at radius 1 is 1.14 bits per heavy atom. The number of halogens is 1. The van der Waals surface area contributed by atoms with E-state index in [1.165, 1.54) is 19.2 Å². The minimum Gasteiger partial charge on any atom is -0.325 e. The molecule has 0 aliphatic carbocycles. The summed E-state index contributed by atoms with van der Waals surface area (Å²) in [5.41, 5.74) is 1.32. The molecule has 0 radical (unpaired) electrons. The highest BCUT2D eigenvalue weighted by Crippen LogP contribution is 2.23. The lowest BCUT2D eigenvalue weighted by Crippen LogP contribution is -2.35. The van der Waals surface area contributed by atoms with Crippen LogP contribution in [-0.2, 0) is 19.6 Å². The second-order valence-corrected chi connectivity index (χ2v) is 9.42. The molecule has 2 aromatic carbocycles. The average Bonchev–Trinajstić information content (AvgIpc) is 3.08. The van der Waals surface area contributed by atoms with Gasteiger partial charge in [-0.3, -0.25) is 9.59 Å². The van der Waals surface area contributed by atoms with Gasteiger partial charge < -0.3 is 10.2 Å². The predicted molar refractivity (Wildman–Crippen MR) is 111 cm³/mol. The maximum Gasteiger partial charge on any atom is 0.243 e. The molecule has 1 heterocycles. The Hall–Kier alpha value is -2.23. The molecule has 1 fully saturated rings. The summed E-state index contributed by atoms with van der Waals surface area (Å²) in [6.45, 7) is 0.383. The van der Waals surface area contributed by atoms with Crippen molar-refractivity contribution in [3.63, 3.8) is 0 Å². The van der Waals surface area contributed by atoms with Gasteiger partial charge in [0.25, 0.3) is 0 Å². The molecule has 1 N–H and O–H groups in total. The highest BCUT2D eigenvalue weighted by molar-refractivity contribution is 9.10. The number of nitrogens with zero attached hydrogens (tertiary/aromatic N) is 2. The first-order valence-electron chi connectivity index (χ1n) is 8.69. The molecular formula is C19H20BrN3O4S. The second kappa shape index (κ2) is 8.42. The van der Waals surface area contributed by atoms with Gasteiger partial charge in [0.05, 0.1) is 11.4 Å². The van der Waals surface area contributed by atoms with Crippen LogP contribution in [0.4, 0.5) is 11.4 Å². The van der Waals surface area contributed by atoms with Gasteiger partial charge in [0, 0.05) is 35.9 Å². The quantitative estimate of drug-likeness (QED) is 0.710. The van der Waals surface area contributed by atoms with Crippen LogP contribution in [0.3, 0.4) is 0 Å². The third-order valence-corrected chi connectivity index (χ3v) is 6.77. The molecule has 0 atom stereocenters. The molecule has 1 aliphatic rings. The van der Waals surface area contributed by atoms with Crippen LogP contribution in [0.5, 0.6) is 0 Å². The summed E-state index contributed by atoms with van der Waals surface area (Å²) in [7, 11) is -2.40. The van der Waals surface area contributed by atoms with Gasteiger partial charge in [-0.25, -0.2) is 8.42 Å². The lowest BCUT2D eigenvalue weighted by Gasteiger charge is -2.18.